The molecular formula is C13H16FNO2. The van der Waals surface area contributed by atoms with Crippen LogP contribution in [-0.4, -0.2) is 17.6 Å². The highest BCUT2D eigenvalue weighted by molar-refractivity contribution is 5.86. The lowest BCUT2D eigenvalue weighted by atomic mass is 10.1. The average Bonchev–Trinajstić information content (AvgIpc) is 2.28. The van der Waals surface area contributed by atoms with Crippen LogP contribution in [0.25, 0.3) is 0 Å². The van der Waals surface area contributed by atoms with Gasteiger partial charge in [-0.3, -0.25) is 0 Å². The topological polar surface area (TPSA) is 49.3 Å². The predicted molar refractivity (Wildman–Crippen MR) is 64.3 cm³/mol. The van der Waals surface area contributed by atoms with E-state index in [2.05, 4.69) is 11.9 Å². The molecule has 4 heteroatoms. The molecule has 0 saturated heterocycles. The number of carboxylic acids is 1. The first kappa shape index (κ1) is 13.4. The Morgan fingerprint density at radius 1 is 1.59 bits per heavy atom. The lowest BCUT2D eigenvalue weighted by molar-refractivity contribution is -0.132. The van der Waals surface area contributed by atoms with Gasteiger partial charge in [0.25, 0.3) is 0 Å². The average molecular weight is 237 g/mol. The maximum atomic E-state index is 13.3. The second-order valence-corrected chi connectivity index (χ2v) is 4.02. The molecule has 1 aromatic rings. The Morgan fingerprint density at radius 3 is 2.76 bits per heavy atom. The number of benzene rings is 1. The number of carboxylic acid groups (broad SMARTS) is 1. The highest BCUT2D eigenvalue weighted by Crippen LogP contribution is 2.16. The van der Waals surface area contributed by atoms with Crippen LogP contribution in [0.15, 0.2) is 30.4 Å². The zero-order valence-electron chi connectivity index (χ0n) is 9.96. The summed E-state index contributed by atoms with van der Waals surface area (Å²) in [6.45, 7) is 7.13. The molecule has 0 spiro atoms. The van der Waals surface area contributed by atoms with Gasteiger partial charge >= 0.3 is 5.97 Å². The molecule has 0 amide bonds. The zero-order chi connectivity index (χ0) is 13.0. The number of nitrogens with one attached hydrogen (secondary N) is 1. The lowest BCUT2D eigenvalue weighted by Gasteiger charge is -2.14. The lowest BCUT2D eigenvalue weighted by Crippen LogP contribution is -2.23. The Bertz CT molecular complexity index is 443. The van der Waals surface area contributed by atoms with Crippen molar-refractivity contribution in [3.8, 4) is 0 Å². The van der Waals surface area contributed by atoms with E-state index < -0.39 is 5.97 Å². The summed E-state index contributed by atoms with van der Waals surface area (Å²) < 4.78 is 13.3. The number of aryl methyl sites for hydroxylation is 1. The van der Waals surface area contributed by atoms with Gasteiger partial charge < -0.3 is 10.4 Å². The van der Waals surface area contributed by atoms with E-state index in [9.17, 15) is 9.18 Å². The minimum atomic E-state index is -1.03. The smallest absolute Gasteiger partial charge is 0.332 e. The van der Waals surface area contributed by atoms with Crippen LogP contribution in [-0.2, 0) is 4.79 Å². The van der Waals surface area contributed by atoms with Gasteiger partial charge in [0.05, 0.1) is 0 Å². The molecule has 1 aromatic carbocycles. The van der Waals surface area contributed by atoms with Gasteiger partial charge in [-0.2, -0.15) is 0 Å². The molecule has 0 saturated carbocycles. The summed E-state index contributed by atoms with van der Waals surface area (Å²) in [5.74, 6) is -1.28. The molecule has 1 unspecified atom stereocenters. The van der Waals surface area contributed by atoms with E-state index in [4.69, 9.17) is 5.11 Å². The third-order valence-corrected chi connectivity index (χ3v) is 2.62. The van der Waals surface area contributed by atoms with Crippen LogP contribution in [0.1, 0.15) is 24.1 Å². The van der Waals surface area contributed by atoms with Crippen LogP contribution in [0.2, 0.25) is 0 Å². The second kappa shape index (κ2) is 5.59. The molecule has 0 radical (unpaired) electrons. The van der Waals surface area contributed by atoms with Crippen LogP contribution in [0.3, 0.4) is 0 Å². The van der Waals surface area contributed by atoms with Gasteiger partial charge in [-0.25, -0.2) is 9.18 Å². The monoisotopic (exact) mass is 237 g/mol. The van der Waals surface area contributed by atoms with Crippen molar-refractivity contribution in [2.45, 2.75) is 19.9 Å². The quantitative estimate of drug-likeness (QED) is 0.773. The Labute approximate surface area is 100.0 Å². The molecule has 0 heterocycles. The van der Waals surface area contributed by atoms with Gasteiger partial charge in [-0.1, -0.05) is 18.7 Å². The highest BCUT2D eigenvalue weighted by Gasteiger charge is 2.09. The van der Waals surface area contributed by atoms with E-state index >= 15 is 0 Å². The normalized spacial score (nSPS) is 12.2. The highest BCUT2D eigenvalue weighted by atomic mass is 19.1. The predicted octanol–water partition coefficient (Wildman–Crippen LogP) is 2.43. The number of carbonyl (C=O) groups is 1. The van der Waals surface area contributed by atoms with Gasteiger partial charge in [0, 0.05) is 18.2 Å². The molecule has 0 fully saturated rings. The van der Waals surface area contributed by atoms with Crippen molar-refractivity contribution >= 4 is 5.97 Å². The van der Waals surface area contributed by atoms with Crippen molar-refractivity contribution in [3.63, 3.8) is 0 Å². The van der Waals surface area contributed by atoms with Crippen molar-refractivity contribution in [1.29, 1.82) is 0 Å². The van der Waals surface area contributed by atoms with Crippen LogP contribution in [0.5, 0.6) is 0 Å². The summed E-state index contributed by atoms with van der Waals surface area (Å²) in [5, 5.41) is 11.6. The Balaban J connectivity index is 2.64. The molecular weight excluding hydrogens is 221 g/mol. The van der Waals surface area contributed by atoms with Crippen LogP contribution < -0.4 is 5.32 Å². The van der Waals surface area contributed by atoms with E-state index in [0.29, 0.717) is 5.56 Å². The van der Waals surface area contributed by atoms with Gasteiger partial charge in [0.1, 0.15) is 5.82 Å². The molecule has 0 aromatic heterocycles. The molecule has 17 heavy (non-hydrogen) atoms. The number of halogens is 1. The third-order valence-electron chi connectivity index (χ3n) is 2.62. The summed E-state index contributed by atoms with van der Waals surface area (Å²) in [6, 6.07) is 4.85. The minimum Gasteiger partial charge on any atom is -0.478 e. The van der Waals surface area contributed by atoms with Crippen molar-refractivity contribution in [2.75, 3.05) is 6.54 Å². The molecule has 0 aliphatic carbocycles. The third kappa shape index (κ3) is 3.67. The summed E-state index contributed by atoms with van der Waals surface area (Å²) in [7, 11) is 0. The maximum Gasteiger partial charge on any atom is 0.332 e. The standard InChI is InChI=1S/C13H16FNO2/c1-8-4-5-11(6-12(8)14)10(3)15-7-9(2)13(16)17/h4-6,10,15H,2,7H2,1,3H3,(H,16,17). The van der Waals surface area contributed by atoms with Gasteiger partial charge in [0.15, 0.2) is 0 Å². The molecule has 0 bridgehead atoms. The molecule has 2 N–H and O–H groups in total. The fourth-order valence-corrected chi connectivity index (χ4v) is 1.35. The molecule has 92 valence electrons. The zero-order valence-corrected chi connectivity index (χ0v) is 9.96. The van der Waals surface area contributed by atoms with E-state index in [1.54, 1.807) is 13.0 Å². The maximum absolute atomic E-state index is 13.3. The molecule has 0 aliphatic heterocycles. The van der Waals surface area contributed by atoms with Crippen LogP contribution in [0.4, 0.5) is 4.39 Å². The van der Waals surface area contributed by atoms with Gasteiger partial charge in [-0.05, 0) is 31.0 Å². The number of rotatable bonds is 5. The van der Waals surface area contributed by atoms with Crippen molar-refractivity contribution < 1.29 is 14.3 Å². The summed E-state index contributed by atoms with van der Waals surface area (Å²) in [6.07, 6.45) is 0. The van der Waals surface area contributed by atoms with Gasteiger partial charge in [-0.15, -0.1) is 0 Å². The number of aliphatic carboxylic acids is 1. The Morgan fingerprint density at radius 2 is 2.24 bits per heavy atom. The largest absolute Gasteiger partial charge is 0.478 e. The molecule has 1 atom stereocenters. The van der Waals surface area contributed by atoms with Crippen LogP contribution >= 0.6 is 0 Å². The van der Waals surface area contributed by atoms with Crippen molar-refractivity contribution in [2.24, 2.45) is 0 Å². The van der Waals surface area contributed by atoms with Crippen LogP contribution in [0, 0.1) is 12.7 Å². The second-order valence-electron chi connectivity index (χ2n) is 4.02. The SMILES string of the molecule is C=C(CNC(C)c1ccc(C)c(F)c1)C(=O)O. The van der Waals surface area contributed by atoms with E-state index in [-0.39, 0.29) is 24.0 Å². The summed E-state index contributed by atoms with van der Waals surface area (Å²) in [5.41, 5.74) is 1.46. The fourth-order valence-electron chi connectivity index (χ4n) is 1.35. The first-order chi connectivity index (χ1) is 7.91. The first-order valence-corrected chi connectivity index (χ1v) is 5.32. The van der Waals surface area contributed by atoms with E-state index in [1.807, 2.05) is 13.0 Å². The molecule has 3 nitrogen and oxygen atoms in total. The van der Waals surface area contributed by atoms with E-state index in [1.165, 1.54) is 6.07 Å². The molecule has 1 rings (SSSR count). The van der Waals surface area contributed by atoms with Crippen molar-refractivity contribution in [3.05, 3.63) is 47.3 Å². The number of hydrogen-bond donors (Lipinski definition) is 2. The molecule has 0 aliphatic rings. The van der Waals surface area contributed by atoms with E-state index in [0.717, 1.165) is 5.56 Å². The van der Waals surface area contributed by atoms with Crippen molar-refractivity contribution in [1.82, 2.24) is 5.32 Å². The Kier molecular flexibility index (Phi) is 4.40. The first-order valence-electron chi connectivity index (χ1n) is 5.32. The summed E-state index contributed by atoms with van der Waals surface area (Å²) >= 11 is 0. The Hall–Kier alpha value is -1.68. The number of hydrogen-bond acceptors (Lipinski definition) is 2. The minimum absolute atomic E-state index is 0.0874. The summed E-state index contributed by atoms with van der Waals surface area (Å²) in [4.78, 5) is 10.5. The fraction of sp³-hybridized carbons (Fsp3) is 0.308. The van der Waals surface area contributed by atoms with Gasteiger partial charge in [0.2, 0.25) is 0 Å².